The van der Waals surface area contributed by atoms with Gasteiger partial charge < -0.3 is 10.1 Å². The lowest BCUT2D eigenvalue weighted by Gasteiger charge is -2.32. The second-order valence-electron chi connectivity index (χ2n) is 4.99. The van der Waals surface area contributed by atoms with Gasteiger partial charge in [0.1, 0.15) is 5.75 Å². The topological polar surface area (TPSA) is 24.5 Å². The molecule has 6 heteroatoms. The number of benzene rings is 1. The Hall–Kier alpha value is -0.720. The number of nitrogens with zero attached hydrogens (tertiary/aromatic N) is 1. The van der Waals surface area contributed by atoms with Crippen molar-refractivity contribution >= 4 is 15.9 Å². The molecule has 1 atom stereocenters. The van der Waals surface area contributed by atoms with Crippen molar-refractivity contribution in [2.75, 3.05) is 20.1 Å². The van der Waals surface area contributed by atoms with Gasteiger partial charge >= 0.3 is 6.61 Å². The van der Waals surface area contributed by atoms with Crippen LogP contribution in [0.25, 0.3) is 0 Å². The normalized spacial score (nSPS) is 20.4. The molecule has 0 saturated carbocycles. The number of piperidine rings is 1. The van der Waals surface area contributed by atoms with Crippen molar-refractivity contribution < 1.29 is 13.5 Å². The number of likely N-dealkylation sites (N-methyl/N-ethyl adjacent to an activating group) is 1. The van der Waals surface area contributed by atoms with Crippen LogP contribution < -0.4 is 10.1 Å². The summed E-state index contributed by atoms with van der Waals surface area (Å²) in [5.74, 6) is 0.259. The van der Waals surface area contributed by atoms with Crippen LogP contribution in [0.1, 0.15) is 18.4 Å². The summed E-state index contributed by atoms with van der Waals surface area (Å²) in [5.41, 5.74) is 0.788. The van der Waals surface area contributed by atoms with Gasteiger partial charge in [-0.05, 0) is 44.6 Å². The highest BCUT2D eigenvalue weighted by molar-refractivity contribution is 9.10. The van der Waals surface area contributed by atoms with Gasteiger partial charge in [0.25, 0.3) is 0 Å². The van der Waals surface area contributed by atoms with E-state index in [1.807, 2.05) is 13.1 Å². The Bertz CT molecular complexity index is 445. The Kier molecular flexibility index (Phi) is 5.74. The predicted molar refractivity (Wildman–Crippen MR) is 78.1 cm³/mol. The van der Waals surface area contributed by atoms with E-state index in [2.05, 4.69) is 30.9 Å². The second-order valence-corrected chi connectivity index (χ2v) is 5.91. The highest BCUT2D eigenvalue weighted by atomic mass is 79.9. The summed E-state index contributed by atoms with van der Waals surface area (Å²) in [6.45, 7) is -0.253. The van der Waals surface area contributed by atoms with Crippen LogP contribution in [0.3, 0.4) is 0 Å². The number of hydrogen-bond donors (Lipinski definition) is 1. The fourth-order valence-corrected chi connectivity index (χ4v) is 2.97. The first-order valence-electron chi connectivity index (χ1n) is 6.71. The first-order valence-corrected chi connectivity index (χ1v) is 7.50. The van der Waals surface area contributed by atoms with Crippen LogP contribution in [0.2, 0.25) is 0 Å². The van der Waals surface area contributed by atoms with Crippen molar-refractivity contribution in [1.29, 1.82) is 0 Å². The van der Waals surface area contributed by atoms with Crippen LogP contribution in [0.15, 0.2) is 22.7 Å². The maximum atomic E-state index is 12.4. The first kappa shape index (κ1) is 15.7. The zero-order valence-corrected chi connectivity index (χ0v) is 13.0. The molecule has 1 unspecified atom stereocenters. The number of hydrogen-bond acceptors (Lipinski definition) is 3. The average Bonchev–Trinajstić information content (AvgIpc) is 2.42. The van der Waals surface area contributed by atoms with Gasteiger partial charge in [-0.2, -0.15) is 8.78 Å². The number of alkyl halides is 2. The van der Waals surface area contributed by atoms with Gasteiger partial charge in [-0.25, -0.2) is 0 Å². The molecule has 3 nitrogen and oxygen atoms in total. The molecule has 0 radical (unpaired) electrons. The third-order valence-corrected chi connectivity index (χ3v) is 4.04. The molecule has 0 aromatic heterocycles. The van der Waals surface area contributed by atoms with Gasteiger partial charge in [-0.3, -0.25) is 4.90 Å². The summed E-state index contributed by atoms with van der Waals surface area (Å²) in [5, 5.41) is 3.28. The SMILES string of the molecule is CNC1CCCN(Cc2cc(Br)ccc2OC(F)F)C1. The zero-order chi connectivity index (χ0) is 14.5. The molecular formula is C14H19BrF2N2O. The van der Waals surface area contributed by atoms with E-state index >= 15 is 0 Å². The maximum absolute atomic E-state index is 12.4. The molecule has 0 spiro atoms. The maximum Gasteiger partial charge on any atom is 0.387 e. The Balaban J connectivity index is 2.08. The first-order chi connectivity index (χ1) is 9.58. The molecule has 20 heavy (non-hydrogen) atoms. The van der Waals surface area contributed by atoms with Gasteiger partial charge in [0.15, 0.2) is 0 Å². The van der Waals surface area contributed by atoms with Crippen LogP contribution in [0.5, 0.6) is 5.75 Å². The van der Waals surface area contributed by atoms with Crippen molar-refractivity contribution in [2.24, 2.45) is 0 Å². The number of nitrogens with one attached hydrogen (secondary N) is 1. The monoisotopic (exact) mass is 348 g/mol. The minimum atomic E-state index is -2.79. The molecule has 112 valence electrons. The minimum absolute atomic E-state index is 0.259. The van der Waals surface area contributed by atoms with E-state index < -0.39 is 6.61 Å². The number of likely N-dealkylation sites (tertiary alicyclic amines) is 1. The molecule has 0 amide bonds. The molecule has 1 aliphatic rings. The van der Waals surface area contributed by atoms with Gasteiger partial charge in [-0.1, -0.05) is 15.9 Å². The Morgan fingerprint density at radius 3 is 3.00 bits per heavy atom. The van der Waals surface area contributed by atoms with Gasteiger partial charge in [0.05, 0.1) is 0 Å². The Labute approximate surface area is 126 Å². The minimum Gasteiger partial charge on any atom is -0.434 e. The number of halogens is 3. The van der Waals surface area contributed by atoms with E-state index in [-0.39, 0.29) is 5.75 Å². The smallest absolute Gasteiger partial charge is 0.387 e. The Morgan fingerprint density at radius 1 is 1.50 bits per heavy atom. The molecule has 1 aromatic rings. The highest BCUT2D eigenvalue weighted by Gasteiger charge is 2.20. The van der Waals surface area contributed by atoms with E-state index in [0.717, 1.165) is 36.0 Å². The lowest BCUT2D eigenvalue weighted by Crippen LogP contribution is -2.43. The molecule has 0 bridgehead atoms. The van der Waals surface area contributed by atoms with Crippen LogP contribution in [-0.2, 0) is 6.54 Å². The summed E-state index contributed by atoms with van der Waals surface area (Å²) in [6.07, 6.45) is 2.27. The molecule has 1 heterocycles. The van der Waals surface area contributed by atoms with E-state index in [1.165, 1.54) is 0 Å². The molecule has 1 aliphatic heterocycles. The molecule has 1 N–H and O–H groups in total. The van der Waals surface area contributed by atoms with E-state index in [9.17, 15) is 8.78 Å². The van der Waals surface area contributed by atoms with Gasteiger partial charge in [0.2, 0.25) is 0 Å². The molecule has 1 fully saturated rings. The summed E-state index contributed by atoms with van der Waals surface area (Å²) in [4.78, 5) is 2.27. The van der Waals surface area contributed by atoms with Crippen LogP contribution in [0, 0.1) is 0 Å². The standard InChI is InChI=1S/C14H19BrF2N2O/c1-18-12-3-2-6-19(9-12)8-10-7-11(15)4-5-13(10)20-14(16)17/h4-5,7,12,14,18H,2-3,6,8-9H2,1H3. The Morgan fingerprint density at radius 2 is 2.30 bits per heavy atom. The van der Waals surface area contributed by atoms with Crippen molar-refractivity contribution in [3.8, 4) is 5.75 Å². The van der Waals surface area contributed by atoms with Crippen LogP contribution in [-0.4, -0.2) is 37.7 Å². The van der Waals surface area contributed by atoms with Crippen molar-refractivity contribution in [3.05, 3.63) is 28.2 Å². The summed E-state index contributed by atoms with van der Waals surface area (Å²) in [6, 6.07) is 5.62. The molecule has 2 rings (SSSR count). The molecular weight excluding hydrogens is 330 g/mol. The van der Waals surface area contributed by atoms with E-state index in [1.54, 1.807) is 12.1 Å². The highest BCUT2D eigenvalue weighted by Crippen LogP contribution is 2.27. The summed E-state index contributed by atoms with van der Waals surface area (Å²) < 4.78 is 30.3. The van der Waals surface area contributed by atoms with Crippen molar-refractivity contribution in [2.45, 2.75) is 32.0 Å². The van der Waals surface area contributed by atoms with Gasteiger partial charge in [-0.15, -0.1) is 0 Å². The summed E-state index contributed by atoms with van der Waals surface area (Å²) in [7, 11) is 1.96. The second kappa shape index (κ2) is 7.33. The van der Waals surface area contributed by atoms with E-state index in [0.29, 0.717) is 12.6 Å². The average molecular weight is 349 g/mol. The molecule has 1 saturated heterocycles. The van der Waals surface area contributed by atoms with Crippen molar-refractivity contribution in [1.82, 2.24) is 10.2 Å². The molecule has 0 aliphatic carbocycles. The lowest BCUT2D eigenvalue weighted by molar-refractivity contribution is -0.0508. The fourth-order valence-electron chi connectivity index (χ4n) is 2.56. The van der Waals surface area contributed by atoms with Crippen LogP contribution >= 0.6 is 15.9 Å². The molecule has 1 aromatic carbocycles. The quantitative estimate of drug-likeness (QED) is 0.883. The predicted octanol–water partition coefficient (Wildman–Crippen LogP) is 3.23. The van der Waals surface area contributed by atoms with E-state index in [4.69, 9.17) is 0 Å². The number of ether oxygens (including phenoxy) is 1. The number of rotatable bonds is 5. The van der Waals surface area contributed by atoms with Crippen molar-refractivity contribution in [3.63, 3.8) is 0 Å². The summed E-state index contributed by atoms with van der Waals surface area (Å²) >= 11 is 3.38. The third kappa shape index (κ3) is 4.40. The lowest BCUT2D eigenvalue weighted by atomic mass is 10.0. The fraction of sp³-hybridized carbons (Fsp3) is 0.571. The largest absolute Gasteiger partial charge is 0.434 e. The zero-order valence-electron chi connectivity index (χ0n) is 11.4. The van der Waals surface area contributed by atoms with Crippen LogP contribution in [0.4, 0.5) is 8.78 Å². The third-order valence-electron chi connectivity index (χ3n) is 3.55. The van der Waals surface area contributed by atoms with Gasteiger partial charge in [0, 0.05) is 29.2 Å².